The number of aliphatic imine (C=N–C) groups is 1. The number of pyridine rings is 1. The zero-order valence-electron chi connectivity index (χ0n) is 14.5. The lowest BCUT2D eigenvalue weighted by Gasteiger charge is -2.11. The number of hydrogen-bond donors (Lipinski definition) is 3. The van der Waals surface area contributed by atoms with Crippen molar-refractivity contribution in [3.05, 3.63) is 42.7 Å². The van der Waals surface area contributed by atoms with Crippen LogP contribution in [-0.2, 0) is 10.0 Å². The molecule has 0 aliphatic rings. The minimum atomic E-state index is -3.61. The van der Waals surface area contributed by atoms with Crippen LogP contribution in [0.4, 0.5) is 5.69 Å². The maximum atomic E-state index is 12.0. The lowest BCUT2D eigenvalue weighted by molar-refractivity contribution is 0.355. The Balaban J connectivity index is 1.89. The first-order valence-electron chi connectivity index (χ1n) is 7.65. The van der Waals surface area contributed by atoms with Crippen molar-refractivity contribution in [1.29, 1.82) is 0 Å². The van der Waals surface area contributed by atoms with Crippen molar-refractivity contribution in [2.75, 3.05) is 32.6 Å². The van der Waals surface area contributed by atoms with Crippen molar-refractivity contribution in [1.82, 2.24) is 9.71 Å². The molecule has 0 atom stereocenters. The number of ether oxygens (including phenoxy) is 2. The Morgan fingerprint density at radius 2 is 2.00 bits per heavy atom. The molecule has 1 heterocycles. The third kappa shape index (κ3) is 5.33. The number of benzene rings is 1. The van der Waals surface area contributed by atoms with Gasteiger partial charge in [-0.3, -0.25) is 9.98 Å². The second-order valence-corrected chi connectivity index (χ2v) is 6.82. The molecule has 0 bridgehead atoms. The van der Waals surface area contributed by atoms with E-state index in [0.717, 1.165) is 0 Å². The standard InChI is InChI=1S/C16H21N5O4S/c1-24-14-6-5-12(10-15(14)25-2)21-16(17)19-8-9-20-26(22,23)13-4-3-7-18-11-13/h3-7,10-11,20H,8-9H2,1-2H3,(H3,17,19,21). The lowest BCUT2D eigenvalue weighted by atomic mass is 10.3. The molecule has 2 rings (SSSR count). The van der Waals surface area contributed by atoms with Crippen LogP contribution in [0, 0.1) is 0 Å². The van der Waals surface area contributed by atoms with Crippen LogP contribution in [0.15, 0.2) is 52.6 Å². The minimum Gasteiger partial charge on any atom is -0.493 e. The molecular weight excluding hydrogens is 358 g/mol. The van der Waals surface area contributed by atoms with Crippen molar-refractivity contribution in [3.63, 3.8) is 0 Å². The summed E-state index contributed by atoms with van der Waals surface area (Å²) in [7, 11) is -0.523. The maximum Gasteiger partial charge on any atom is 0.242 e. The minimum absolute atomic E-state index is 0.0976. The molecule has 0 fully saturated rings. The van der Waals surface area contributed by atoms with Gasteiger partial charge in [0.05, 0.1) is 20.8 Å². The first-order valence-corrected chi connectivity index (χ1v) is 9.13. The van der Waals surface area contributed by atoms with Gasteiger partial charge in [-0.2, -0.15) is 0 Å². The third-order valence-corrected chi connectivity index (χ3v) is 4.73. The van der Waals surface area contributed by atoms with E-state index in [2.05, 4.69) is 20.0 Å². The van der Waals surface area contributed by atoms with E-state index < -0.39 is 10.0 Å². The molecule has 0 saturated heterocycles. The van der Waals surface area contributed by atoms with E-state index in [9.17, 15) is 8.42 Å². The van der Waals surface area contributed by atoms with Gasteiger partial charge >= 0.3 is 0 Å². The van der Waals surface area contributed by atoms with Crippen molar-refractivity contribution in [2.24, 2.45) is 10.7 Å². The van der Waals surface area contributed by atoms with Crippen LogP contribution in [0.25, 0.3) is 0 Å². The van der Waals surface area contributed by atoms with Crippen molar-refractivity contribution in [3.8, 4) is 11.5 Å². The molecule has 10 heteroatoms. The number of guanidine groups is 1. The highest BCUT2D eigenvalue weighted by Gasteiger charge is 2.12. The number of methoxy groups -OCH3 is 2. The molecule has 0 amide bonds. The highest BCUT2D eigenvalue weighted by Crippen LogP contribution is 2.29. The Hall–Kier alpha value is -2.85. The van der Waals surface area contributed by atoms with Crippen LogP contribution >= 0.6 is 0 Å². The first-order chi connectivity index (χ1) is 12.5. The normalized spacial score (nSPS) is 11.8. The molecule has 0 spiro atoms. The topological polar surface area (TPSA) is 128 Å². The Bertz CT molecular complexity index is 856. The molecular formula is C16H21N5O4S. The van der Waals surface area contributed by atoms with Gasteiger partial charge in [0.15, 0.2) is 17.5 Å². The summed E-state index contributed by atoms with van der Waals surface area (Å²) in [4.78, 5) is 7.97. The number of nitrogens with zero attached hydrogens (tertiary/aromatic N) is 2. The second-order valence-electron chi connectivity index (χ2n) is 5.05. The highest BCUT2D eigenvalue weighted by molar-refractivity contribution is 7.89. The Labute approximate surface area is 152 Å². The Kier molecular flexibility index (Phi) is 6.75. The Morgan fingerprint density at radius 3 is 2.65 bits per heavy atom. The molecule has 4 N–H and O–H groups in total. The molecule has 0 saturated carbocycles. The summed E-state index contributed by atoms with van der Waals surface area (Å²) in [6, 6.07) is 8.22. The maximum absolute atomic E-state index is 12.0. The quantitative estimate of drug-likeness (QED) is 0.352. The zero-order chi connectivity index (χ0) is 19.0. The van der Waals surface area contributed by atoms with Crippen LogP contribution in [0.2, 0.25) is 0 Å². The van der Waals surface area contributed by atoms with E-state index in [0.29, 0.717) is 17.2 Å². The highest BCUT2D eigenvalue weighted by atomic mass is 32.2. The smallest absolute Gasteiger partial charge is 0.242 e. The zero-order valence-corrected chi connectivity index (χ0v) is 15.3. The molecule has 0 aliphatic carbocycles. The SMILES string of the molecule is COc1ccc(NC(N)=NCCNS(=O)(=O)c2cccnc2)cc1OC. The summed E-state index contributed by atoms with van der Waals surface area (Å²) in [5.74, 6) is 1.30. The van der Waals surface area contributed by atoms with Gasteiger partial charge in [-0.25, -0.2) is 13.1 Å². The average Bonchev–Trinajstić information content (AvgIpc) is 2.66. The number of nitrogens with one attached hydrogen (secondary N) is 2. The predicted octanol–water partition coefficient (Wildman–Crippen LogP) is 0.804. The molecule has 9 nitrogen and oxygen atoms in total. The monoisotopic (exact) mass is 379 g/mol. The third-order valence-electron chi connectivity index (χ3n) is 3.29. The molecule has 0 unspecified atom stereocenters. The summed E-state index contributed by atoms with van der Waals surface area (Å²) < 4.78 is 36.9. The number of rotatable bonds is 8. The van der Waals surface area contributed by atoms with Crippen molar-refractivity contribution in [2.45, 2.75) is 4.90 Å². The van der Waals surface area contributed by atoms with Gasteiger partial charge in [0.1, 0.15) is 4.90 Å². The van der Waals surface area contributed by atoms with Gasteiger partial charge in [0.2, 0.25) is 10.0 Å². The van der Waals surface area contributed by atoms with Crippen molar-refractivity contribution >= 4 is 21.7 Å². The fraction of sp³-hybridized carbons (Fsp3) is 0.250. The van der Waals surface area contributed by atoms with Gasteiger partial charge in [0, 0.05) is 30.7 Å². The van der Waals surface area contributed by atoms with Crippen LogP contribution in [0.5, 0.6) is 11.5 Å². The van der Waals surface area contributed by atoms with E-state index >= 15 is 0 Å². The van der Waals surface area contributed by atoms with E-state index in [-0.39, 0.29) is 23.9 Å². The van der Waals surface area contributed by atoms with E-state index in [4.69, 9.17) is 15.2 Å². The van der Waals surface area contributed by atoms with Crippen LogP contribution in [0.1, 0.15) is 0 Å². The summed E-state index contributed by atoms with van der Waals surface area (Å²) in [5.41, 5.74) is 6.47. The largest absolute Gasteiger partial charge is 0.493 e. The molecule has 0 radical (unpaired) electrons. The van der Waals surface area contributed by atoms with Crippen molar-refractivity contribution < 1.29 is 17.9 Å². The number of nitrogens with two attached hydrogens (primary N) is 1. The Morgan fingerprint density at radius 1 is 1.23 bits per heavy atom. The van der Waals surface area contributed by atoms with Gasteiger partial charge in [-0.1, -0.05) is 0 Å². The summed E-state index contributed by atoms with van der Waals surface area (Å²) in [6.45, 7) is 0.275. The number of aromatic nitrogens is 1. The fourth-order valence-corrected chi connectivity index (χ4v) is 3.03. The summed E-state index contributed by atoms with van der Waals surface area (Å²) >= 11 is 0. The van der Waals surface area contributed by atoms with Gasteiger partial charge in [0.25, 0.3) is 0 Å². The first kappa shape index (κ1) is 19.5. The number of sulfonamides is 1. The summed E-state index contributed by atoms with van der Waals surface area (Å²) in [5, 5.41) is 2.90. The molecule has 0 aliphatic heterocycles. The van der Waals surface area contributed by atoms with Gasteiger partial charge in [-0.15, -0.1) is 0 Å². The van der Waals surface area contributed by atoms with E-state index in [1.54, 1.807) is 31.4 Å². The average molecular weight is 379 g/mol. The van der Waals surface area contributed by atoms with Crippen LogP contribution in [0.3, 0.4) is 0 Å². The number of hydrogen-bond acceptors (Lipinski definition) is 6. The van der Waals surface area contributed by atoms with Crippen LogP contribution in [-0.4, -0.2) is 46.7 Å². The van der Waals surface area contributed by atoms with E-state index in [1.165, 1.54) is 25.6 Å². The van der Waals surface area contributed by atoms with Crippen LogP contribution < -0.4 is 25.2 Å². The predicted molar refractivity (Wildman–Crippen MR) is 99.1 cm³/mol. The second kappa shape index (κ2) is 9.02. The lowest BCUT2D eigenvalue weighted by Crippen LogP contribution is -2.28. The van der Waals surface area contributed by atoms with Gasteiger partial charge < -0.3 is 20.5 Å². The molecule has 26 heavy (non-hydrogen) atoms. The summed E-state index contributed by atoms with van der Waals surface area (Å²) in [6.07, 6.45) is 2.78. The molecule has 2 aromatic rings. The molecule has 1 aromatic heterocycles. The molecule has 1 aromatic carbocycles. The fourth-order valence-electron chi connectivity index (χ4n) is 2.05. The number of anilines is 1. The molecule has 140 valence electrons. The van der Waals surface area contributed by atoms with Gasteiger partial charge in [-0.05, 0) is 24.3 Å². The van der Waals surface area contributed by atoms with E-state index in [1.807, 2.05) is 0 Å².